The number of likely N-dealkylation sites (N-methyl/N-ethyl adjacent to an activating group) is 1. The van der Waals surface area contributed by atoms with Crippen LogP contribution in [0.1, 0.15) is 41.1 Å². The largest absolute Gasteiger partial charge is 0.341 e. The first-order chi connectivity index (χ1) is 16.7. The number of nitrogens with one attached hydrogen (secondary N) is 4. The molecule has 3 heterocycles. The highest BCUT2D eigenvalue weighted by atomic mass is 16.2. The molecule has 34 heavy (non-hydrogen) atoms. The van der Waals surface area contributed by atoms with Crippen molar-refractivity contribution in [2.24, 2.45) is 0 Å². The lowest BCUT2D eigenvalue weighted by atomic mass is 10.0. The van der Waals surface area contributed by atoms with Gasteiger partial charge in [0.05, 0.1) is 28.3 Å². The van der Waals surface area contributed by atoms with Crippen molar-refractivity contribution in [3.63, 3.8) is 0 Å². The Balaban J connectivity index is 1.48. The van der Waals surface area contributed by atoms with E-state index >= 15 is 0 Å². The van der Waals surface area contributed by atoms with Crippen LogP contribution in [0.5, 0.6) is 0 Å². The van der Waals surface area contributed by atoms with Crippen molar-refractivity contribution < 1.29 is 4.79 Å². The molecular formula is C26H27N7O. The Morgan fingerprint density at radius 3 is 2.62 bits per heavy atom. The first kappa shape index (κ1) is 21.8. The lowest BCUT2D eigenvalue weighted by molar-refractivity contribution is 0.0927. The first-order valence-corrected chi connectivity index (χ1v) is 11.5. The molecule has 4 N–H and O–H groups in total. The number of pyridine rings is 1. The minimum absolute atomic E-state index is 0.167. The number of nitrogens with zero attached hydrogens (tertiary/aromatic N) is 3. The number of benzene rings is 2. The van der Waals surface area contributed by atoms with Crippen LogP contribution in [0.2, 0.25) is 0 Å². The number of fused-ring (bicyclic) bond motifs is 2. The van der Waals surface area contributed by atoms with Crippen LogP contribution in [-0.2, 0) is 6.42 Å². The van der Waals surface area contributed by atoms with Crippen LogP contribution < -0.4 is 10.6 Å². The second-order valence-corrected chi connectivity index (χ2v) is 8.34. The molecule has 0 radical (unpaired) electrons. The number of amides is 1. The molecule has 3 aromatic heterocycles. The van der Waals surface area contributed by atoms with Crippen molar-refractivity contribution in [2.45, 2.75) is 25.8 Å². The summed E-state index contributed by atoms with van der Waals surface area (Å²) in [5, 5.41) is 13.7. The minimum atomic E-state index is -0.296. The zero-order valence-electron chi connectivity index (χ0n) is 19.2. The van der Waals surface area contributed by atoms with E-state index in [2.05, 4.69) is 42.7 Å². The Labute approximate surface area is 197 Å². The van der Waals surface area contributed by atoms with E-state index in [1.807, 2.05) is 61.8 Å². The molecule has 8 nitrogen and oxygen atoms in total. The third-order valence-electron chi connectivity index (χ3n) is 5.97. The molecule has 0 saturated heterocycles. The number of rotatable bonds is 8. The molecular weight excluding hydrogens is 426 g/mol. The van der Waals surface area contributed by atoms with Crippen molar-refractivity contribution in [3.05, 3.63) is 77.9 Å². The third kappa shape index (κ3) is 4.15. The molecule has 0 unspecified atom stereocenters. The number of aryl methyl sites for hydroxylation is 1. The number of aromatic nitrogens is 5. The molecule has 1 atom stereocenters. The van der Waals surface area contributed by atoms with E-state index < -0.39 is 0 Å². The fourth-order valence-corrected chi connectivity index (χ4v) is 4.33. The minimum Gasteiger partial charge on any atom is -0.341 e. The summed E-state index contributed by atoms with van der Waals surface area (Å²) < 4.78 is 0. The monoisotopic (exact) mass is 453 g/mol. The van der Waals surface area contributed by atoms with Gasteiger partial charge >= 0.3 is 0 Å². The highest BCUT2D eigenvalue weighted by Crippen LogP contribution is 2.31. The van der Waals surface area contributed by atoms with Crippen molar-refractivity contribution in [3.8, 4) is 11.3 Å². The molecule has 0 fully saturated rings. The van der Waals surface area contributed by atoms with Gasteiger partial charge in [-0.3, -0.25) is 14.9 Å². The summed E-state index contributed by atoms with van der Waals surface area (Å²) in [5.41, 5.74) is 6.57. The maximum atomic E-state index is 13.0. The average molecular weight is 454 g/mol. The summed E-state index contributed by atoms with van der Waals surface area (Å²) in [7, 11) is 1.86. The Hall–Kier alpha value is -4.04. The molecule has 5 aromatic rings. The standard InChI is InChI=1S/C26H27N7O/c1-3-7-17-14-28-11-10-18(17)24-19-12-21-22(13-20(19)32-33-24)30-25(29-21)26(34)31-23(15-27-2)16-8-5-4-6-9-16/h4-6,8-14,23,27,32-33H,3,7,15H2,1-2H3,(H,31,34)/t23-/m1/s1. The molecule has 0 aliphatic rings. The number of imidazole rings is 1. The van der Waals surface area contributed by atoms with Crippen LogP contribution in [0.4, 0.5) is 0 Å². The Morgan fingerprint density at radius 2 is 1.85 bits per heavy atom. The van der Waals surface area contributed by atoms with E-state index in [-0.39, 0.29) is 17.8 Å². The summed E-state index contributed by atoms with van der Waals surface area (Å²) in [6.07, 6.45) is 5.71. The van der Waals surface area contributed by atoms with E-state index in [4.69, 9.17) is 0 Å². The van der Waals surface area contributed by atoms with Gasteiger partial charge in [0.25, 0.3) is 5.91 Å². The molecule has 0 aliphatic heterocycles. The topological polar surface area (TPSA) is 111 Å². The third-order valence-corrected chi connectivity index (χ3v) is 5.97. The number of hydrogen-bond acceptors (Lipinski definition) is 5. The summed E-state index contributed by atoms with van der Waals surface area (Å²) in [6, 6.07) is 15.6. The Kier molecular flexibility index (Phi) is 6.05. The average Bonchev–Trinajstić information content (AvgIpc) is 3.47. The van der Waals surface area contributed by atoms with Gasteiger partial charge in [0.1, 0.15) is 0 Å². The summed E-state index contributed by atoms with van der Waals surface area (Å²) in [6.45, 7) is 2.76. The van der Waals surface area contributed by atoms with E-state index in [1.54, 1.807) is 6.20 Å². The number of hydrogen-bond donors (Lipinski definition) is 4. The van der Waals surface area contributed by atoms with Crippen LogP contribution >= 0.6 is 0 Å². The lowest BCUT2D eigenvalue weighted by Crippen LogP contribution is -2.35. The predicted molar refractivity (Wildman–Crippen MR) is 134 cm³/mol. The van der Waals surface area contributed by atoms with E-state index in [9.17, 15) is 4.79 Å². The van der Waals surface area contributed by atoms with E-state index in [0.29, 0.717) is 17.6 Å². The summed E-state index contributed by atoms with van der Waals surface area (Å²) in [4.78, 5) is 26.4. The van der Waals surface area contributed by atoms with E-state index in [0.717, 1.165) is 40.6 Å². The smallest absolute Gasteiger partial charge is 0.289 e. The molecule has 1 amide bonds. The van der Waals surface area contributed by atoms with Gasteiger partial charge in [-0.25, -0.2) is 9.97 Å². The second kappa shape index (κ2) is 9.44. The number of aromatic amines is 2. The van der Waals surface area contributed by atoms with Gasteiger partial charge in [0, 0.05) is 29.9 Å². The first-order valence-electron chi connectivity index (χ1n) is 11.5. The van der Waals surface area contributed by atoms with Gasteiger partial charge in [0.15, 0.2) is 0 Å². The fraction of sp³-hybridized carbons (Fsp3) is 0.231. The maximum absolute atomic E-state index is 13.0. The molecule has 0 aliphatic carbocycles. The highest BCUT2D eigenvalue weighted by molar-refractivity contribution is 6.02. The molecule has 0 spiro atoms. The summed E-state index contributed by atoms with van der Waals surface area (Å²) in [5.74, 6) is -0.129. The van der Waals surface area contributed by atoms with Crippen LogP contribution in [0.25, 0.3) is 33.2 Å². The van der Waals surface area contributed by atoms with Gasteiger partial charge in [-0.15, -0.1) is 0 Å². The van der Waals surface area contributed by atoms with Crippen molar-refractivity contribution in [1.82, 2.24) is 35.8 Å². The quantitative estimate of drug-likeness (QED) is 0.282. The van der Waals surface area contributed by atoms with Gasteiger partial charge in [-0.2, -0.15) is 0 Å². The predicted octanol–water partition coefficient (Wildman–Crippen LogP) is 4.14. The Morgan fingerprint density at radius 1 is 1.06 bits per heavy atom. The van der Waals surface area contributed by atoms with Crippen LogP contribution in [0.15, 0.2) is 60.9 Å². The van der Waals surface area contributed by atoms with Crippen molar-refractivity contribution >= 4 is 27.8 Å². The Bertz CT molecular complexity index is 1440. The zero-order valence-corrected chi connectivity index (χ0v) is 19.2. The second-order valence-electron chi connectivity index (χ2n) is 8.34. The van der Waals surface area contributed by atoms with Crippen LogP contribution in [0, 0.1) is 0 Å². The normalized spacial score (nSPS) is 12.3. The number of carbonyl (C=O) groups excluding carboxylic acids is 1. The molecule has 0 bridgehead atoms. The fourth-order valence-electron chi connectivity index (χ4n) is 4.33. The molecule has 172 valence electrons. The molecule has 5 rings (SSSR count). The van der Waals surface area contributed by atoms with Crippen LogP contribution in [-0.4, -0.2) is 44.6 Å². The maximum Gasteiger partial charge on any atom is 0.289 e. The van der Waals surface area contributed by atoms with E-state index in [1.165, 1.54) is 5.56 Å². The van der Waals surface area contributed by atoms with Gasteiger partial charge in [0.2, 0.25) is 5.82 Å². The molecule has 0 saturated carbocycles. The lowest BCUT2D eigenvalue weighted by Gasteiger charge is -2.18. The number of carbonyl (C=O) groups is 1. The molecule has 8 heteroatoms. The van der Waals surface area contributed by atoms with Gasteiger partial charge < -0.3 is 15.7 Å². The summed E-state index contributed by atoms with van der Waals surface area (Å²) >= 11 is 0. The van der Waals surface area contributed by atoms with Crippen molar-refractivity contribution in [1.29, 1.82) is 0 Å². The SMILES string of the molecule is CCCc1cnccc1-c1[nH][nH]c2cc3nc(C(=O)N[C@H](CNC)c4ccccc4)nc3cc12. The number of H-pyrrole nitrogens is 2. The van der Waals surface area contributed by atoms with Crippen LogP contribution in [0.3, 0.4) is 0 Å². The van der Waals surface area contributed by atoms with Gasteiger partial charge in [-0.1, -0.05) is 43.7 Å². The molecule has 2 aromatic carbocycles. The zero-order chi connectivity index (χ0) is 23.5. The van der Waals surface area contributed by atoms with Crippen molar-refractivity contribution in [2.75, 3.05) is 13.6 Å². The highest BCUT2D eigenvalue weighted by Gasteiger charge is 2.20. The van der Waals surface area contributed by atoms with Gasteiger partial charge in [-0.05, 0) is 42.8 Å².